The van der Waals surface area contributed by atoms with Gasteiger partial charge in [0.15, 0.2) is 23.1 Å². The Labute approximate surface area is 663 Å². The number of fused-ring (bicyclic) bond motifs is 1. The number of ether oxygens (including phenoxy) is 1. The number of aliphatic hydroxyl groups is 1. The molecule has 36 nitrogen and oxygen atoms in total. The number of hydrogen-bond donors (Lipinski definition) is 17. The average molecular weight is 1600 g/mol. The number of allylic oxidation sites excluding steroid dienone is 1. The fraction of sp³-hybridized carbons (Fsp3) is 0.494. The van der Waals surface area contributed by atoms with Crippen molar-refractivity contribution in [2.45, 2.75) is 199 Å². The third kappa shape index (κ3) is 30.4. The van der Waals surface area contributed by atoms with E-state index in [0.29, 0.717) is 22.0 Å². The van der Waals surface area contributed by atoms with Crippen LogP contribution in [0.2, 0.25) is 0 Å². The number of anilines is 1. The van der Waals surface area contributed by atoms with E-state index >= 15 is 0 Å². The number of benzene rings is 3. The third-order valence-corrected chi connectivity index (χ3v) is 19.3. The summed E-state index contributed by atoms with van der Waals surface area (Å²) < 4.78 is 5.79. The maximum atomic E-state index is 14.8. The number of H-pyrrole nitrogens is 1. The zero-order valence-corrected chi connectivity index (χ0v) is 65.4. The Hall–Kier alpha value is -12.1. The second-order valence-corrected chi connectivity index (χ2v) is 28.8. The van der Waals surface area contributed by atoms with Crippen LogP contribution >= 0.6 is 0 Å². The number of carboxylic acid groups (broad SMARTS) is 2. The molecule has 624 valence electrons. The predicted molar refractivity (Wildman–Crippen MR) is 416 cm³/mol. The molecule has 2 heterocycles. The van der Waals surface area contributed by atoms with Crippen molar-refractivity contribution in [3.8, 4) is 0 Å². The summed E-state index contributed by atoms with van der Waals surface area (Å²) in [4.78, 5) is 252. The van der Waals surface area contributed by atoms with E-state index in [1.54, 1.807) is 37.4 Å². The Balaban J connectivity index is 1.54. The molecule has 1 saturated heterocycles. The second-order valence-electron chi connectivity index (χ2n) is 28.8. The van der Waals surface area contributed by atoms with Crippen LogP contribution in [0.1, 0.15) is 159 Å². The van der Waals surface area contributed by atoms with Crippen LogP contribution in [0.4, 0.5) is 5.69 Å². The summed E-state index contributed by atoms with van der Waals surface area (Å²) in [7, 11) is 0. The van der Waals surface area contributed by atoms with Crippen molar-refractivity contribution >= 4 is 128 Å². The molecule has 0 bridgehead atoms. The number of aromatic amines is 1. The van der Waals surface area contributed by atoms with E-state index in [9.17, 15) is 102 Å². The number of esters is 1. The molecule has 0 unspecified atom stereocenters. The van der Waals surface area contributed by atoms with Gasteiger partial charge in [-0.15, -0.1) is 0 Å². The van der Waals surface area contributed by atoms with Gasteiger partial charge in [0.2, 0.25) is 65.0 Å². The number of nitrogen functional groups attached to an aromatic ring is 1. The number of carbonyl (C=O) groups excluding carboxylic acids is 16. The number of unbranched alkanes of at least 4 members (excludes halogenated alkanes) is 3. The van der Waals surface area contributed by atoms with Crippen LogP contribution in [0.5, 0.6) is 0 Å². The molecule has 4 aromatic rings. The number of aliphatic carboxylic acids is 2. The normalized spacial score (nSPS) is 21.6. The summed E-state index contributed by atoms with van der Waals surface area (Å²) in [5.41, 5.74) is 20.9. The number of aliphatic hydroxyl groups excluding tert-OH is 1. The number of nitrogens with two attached hydrogens (primary N) is 3. The number of aromatic nitrogens is 1. The van der Waals surface area contributed by atoms with Crippen LogP contribution in [0, 0.1) is 23.7 Å². The largest absolute Gasteiger partial charge is 0.481 e. The topological polar surface area (TPSA) is 591 Å². The van der Waals surface area contributed by atoms with Crippen molar-refractivity contribution < 1.29 is 106 Å². The monoisotopic (exact) mass is 1600 g/mol. The van der Waals surface area contributed by atoms with Crippen molar-refractivity contribution in [1.82, 2.24) is 58.2 Å². The van der Waals surface area contributed by atoms with Crippen LogP contribution in [-0.4, -0.2) is 207 Å². The molecule has 1 aliphatic rings. The highest BCUT2D eigenvalue weighted by atomic mass is 16.5. The zero-order valence-electron chi connectivity index (χ0n) is 65.4. The Kier molecular flexibility index (Phi) is 37.6. The highest BCUT2D eigenvalue weighted by Gasteiger charge is 2.40. The van der Waals surface area contributed by atoms with Gasteiger partial charge >= 0.3 is 17.9 Å². The molecule has 1 fully saturated rings. The Morgan fingerprint density at radius 3 is 1.91 bits per heavy atom. The Morgan fingerprint density at radius 1 is 0.643 bits per heavy atom. The van der Waals surface area contributed by atoms with E-state index < -0.39 is 249 Å². The van der Waals surface area contributed by atoms with E-state index in [4.69, 9.17) is 21.9 Å². The van der Waals surface area contributed by atoms with Gasteiger partial charge in [-0.2, -0.15) is 0 Å². The number of primary amides is 1. The standard InChI is InChI=1S/C79H106N14O22/c1-8-9-10-11-17-47-23-25-48(26-24-47)41(2)30-66(100)88-58(32-49-37-83-54-21-15-13-18-50(49)54)77(112)90-56(35-65(82)99)62(96)29-44(5)73(108)93-71-46(7)115-79(114)59(34-61(95)51-19-12-14-20-53(51)81)92-75(110)52(42(3)31-69(103)104)33-64(98)60(40-94)89-68(102)38-84-74(109)45(6)86-72(107)43(4)28-63(97)57(36-70(105)106)91-76(111)55(22-16-27-80)87-67(101)39-85-78(71)113/h12-15,18-21,23-26,30,37,42-46,52,55-60,71,83,94H,8-11,16-17,22,27-29,31-36,38-40,80-81H2,1-7H3,(H2,82,99)(H,84,109)(H,85,113)(H,86,107)(H,87,101)(H,88,100)(H,89,102)(H,90,112)(H,91,111)(H,92,110)(H,93,108)(H,103,104)(H,105,106)/b41-30+/t42-,43+,44-,45+,46-,52+,55+,56-,57+,58+,59+,60-,71+/m1/s1. The number of nitrogens with one attached hydrogen (secondary N) is 11. The number of ketones is 4. The van der Waals surface area contributed by atoms with Gasteiger partial charge in [0.1, 0.15) is 42.4 Å². The van der Waals surface area contributed by atoms with Crippen molar-refractivity contribution in [1.29, 1.82) is 0 Å². The number of carbonyl (C=O) groups is 18. The van der Waals surface area contributed by atoms with E-state index in [1.165, 1.54) is 58.0 Å². The van der Waals surface area contributed by atoms with Gasteiger partial charge in [-0.1, -0.05) is 102 Å². The molecule has 0 aliphatic carbocycles. The molecular formula is C79H106N14O22. The minimum Gasteiger partial charge on any atom is -0.481 e. The number of aryl methyl sites for hydroxylation is 1. The van der Waals surface area contributed by atoms with E-state index in [1.807, 2.05) is 24.3 Å². The first-order valence-corrected chi connectivity index (χ1v) is 37.9. The number of amides is 11. The lowest BCUT2D eigenvalue weighted by atomic mass is 9.84. The van der Waals surface area contributed by atoms with E-state index in [2.05, 4.69) is 65.1 Å². The number of para-hydroxylation sites is 2. The molecule has 11 amide bonds. The lowest BCUT2D eigenvalue weighted by Gasteiger charge is -2.29. The lowest BCUT2D eigenvalue weighted by Crippen LogP contribution is -2.58. The quantitative estimate of drug-likeness (QED) is 0.0102. The molecule has 13 atom stereocenters. The number of rotatable bonds is 31. The van der Waals surface area contributed by atoms with Gasteiger partial charge in [-0.25, -0.2) is 4.79 Å². The first-order valence-electron chi connectivity index (χ1n) is 37.9. The van der Waals surface area contributed by atoms with Crippen LogP contribution in [-0.2, 0) is 99.1 Å². The van der Waals surface area contributed by atoms with Gasteiger partial charge in [0.05, 0.1) is 44.6 Å². The fourth-order valence-electron chi connectivity index (χ4n) is 12.6. The van der Waals surface area contributed by atoms with Crippen LogP contribution in [0.15, 0.2) is 85.1 Å². The first-order chi connectivity index (χ1) is 54.4. The number of cyclic esters (lactones) is 1. The minimum atomic E-state index is -2.18. The third-order valence-electron chi connectivity index (χ3n) is 19.3. The number of hydrogen-bond acceptors (Lipinski definition) is 22. The summed E-state index contributed by atoms with van der Waals surface area (Å²) in [6.45, 7) is 6.48. The van der Waals surface area contributed by atoms with Crippen LogP contribution in [0.3, 0.4) is 0 Å². The molecule has 115 heavy (non-hydrogen) atoms. The summed E-state index contributed by atoms with van der Waals surface area (Å²) >= 11 is 0. The van der Waals surface area contributed by atoms with Gasteiger partial charge in [-0.3, -0.25) is 81.5 Å². The highest BCUT2D eigenvalue weighted by molar-refractivity contribution is 6.05. The van der Waals surface area contributed by atoms with Crippen LogP contribution < -0.4 is 70.4 Å². The molecule has 36 heteroatoms. The molecule has 3 aromatic carbocycles. The SMILES string of the molecule is CCCCCCc1ccc(/C(C)=C/C(=O)N[C@@H](Cc2c[nH]c3ccccc23)C(=O)N[C@H](CC(N)=O)C(=O)C[C@@H](C)C(=O)N[C@@H]2C(=O)NCC(=O)N[C@@H](CCCN)C(=O)N[C@@H](CC(=O)O)C(=O)C[C@H](C)C(=O)N[C@@H](C)C(=O)NCC(=O)N[C@H](CO)C(=O)C[C@@H]([C@H](C)CC(=O)O)C(=O)N[C@@H](CC(=O)c3ccccc3N)C(=O)O[C@@H]2C)cc1. The van der Waals surface area contributed by atoms with Crippen molar-refractivity contribution in [2.75, 3.05) is 32.0 Å². The van der Waals surface area contributed by atoms with Crippen molar-refractivity contribution in [3.05, 3.63) is 107 Å². The molecule has 5 rings (SSSR count). The fourth-order valence-corrected chi connectivity index (χ4v) is 12.6. The molecular weight excluding hydrogens is 1500 g/mol. The second kappa shape index (κ2) is 46.2. The molecule has 1 aliphatic heterocycles. The van der Waals surface area contributed by atoms with E-state index in [-0.39, 0.29) is 37.1 Å². The predicted octanol–water partition coefficient (Wildman–Crippen LogP) is -0.174. The number of carboxylic acids is 2. The molecule has 0 spiro atoms. The maximum Gasteiger partial charge on any atom is 0.329 e. The Bertz CT molecular complexity index is 4240. The zero-order chi connectivity index (χ0) is 85.3. The summed E-state index contributed by atoms with van der Waals surface area (Å²) in [5.74, 6) is -26.6. The molecule has 20 N–H and O–H groups in total. The first kappa shape index (κ1) is 93.5. The lowest BCUT2D eigenvalue weighted by molar-refractivity contribution is -0.156. The smallest absolute Gasteiger partial charge is 0.329 e. The molecule has 0 radical (unpaired) electrons. The molecule has 1 aromatic heterocycles. The van der Waals surface area contributed by atoms with E-state index in [0.717, 1.165) is 50.2 Å². The van der Waals surface area contributed by atoms with Gasteiger partial charge < -0.3 is 95.4 Å². The Morgan fingerprint density at radius 2 is 1.28 bits per heavy atom. The average Bonchev–Trinajstić information content (AvgIpc) is 1.73. The highest BCUT2D eigenvalue weighted by Crippen LogP contribution is 2.25. The van der Waals surface area contributed by atoms with Gasteiger partial charge in [-0.05, 0) is 99.4 Å². The maximum absolute atomic E-state index is 14.8. The summed E-state index contributed by atoms with van der Waals surface area (Å²) in [6, 6.07) is 5.96. The minimum absolute atomic E-state index is 0.00993. The molecule has 0 saturated carbocycles. The number of Topliss-reactive ketones (excluding diaryl/α,β-unsaturated/α-hetero) is 4. The summed E-state index contributed by atoms with van der Waals surface area (Å²) in [5, 5.41) is 54.3. The van der Waals surface area contributed by atoms with Crippen molar-refractivity contribution in [3.63, 3.8) is 0 Å². The summed E-state index contributed by atoms with van der Waals surface area (Å²) in [6.07, 6.45) is -0.579. The van der Waals surface area contributed by atoms with Crippen LogP contribution in [0.25, 0.3) is 16.5 Å². The van der Waals surface area contributed by atoms with Crippen molar-refractivity contribution in [2.24, 2.45) is 35.1 Å². The van der Waals surface area contributed by atoms with Gasteiger partial charge in [0, 0.05) is 90.7 Å². The van der Waals surface area contributed by atoms with Gasteiger partial charge in [0.25, 0.3) is 0 Å².